The summed E-state index contributed by atoms with van der Waals surface area (Å²) in [6.07, 6.45) is 4.23. The lowest BCUT2D eigenvalue weighted by Gasteiger charge is -2.24. The molecule has 1 aromatic rings. The van der Waals surface area contributed by atoms with E-state index in [1.165, 1.54) is 27.1 Å². The van der Waals surface area contributed by atoms with Crippen molar-refractivity contribution < 1.29 is 13.9 Å². The van der Waals surface area contributed by atoms with Crippen LogP contribution in [0.15, 0.2) is 12.1 Å². The fraction of sp³-hybridized carbons (Fsp3) is 0.571. The molecule has 0 bridgehead atoms. The number of ether oxygens (including phenoxy) is 2. The molecule has 0 radical (unpaired) electrons. The summed E-state index contributed by atoms with van der Waals surface area (Å²) in [6, 6.07) is 3.92. The van der Waals surface area contributed by atoms with Crippen LogP contribution < -0.4 is 14.8 Å². The van der Waals surface area contributed by atoms with Crippen molar-refractivity contribution >= 4 is 0 Å². The van der Waals surface area contributed by atoms with Crippen molar-refractivity contribution in [3.63, 3.8) is 0 Å². The Kier molecular flexibility index (Phi) is 4.42. The lowest BCUT2D eigenvalue weighted by molar-refractivity contribution is 0.333. The highest BCUT2D eigenvalue weighted by Gasteiger charge is 2.19. The maximum absolute atomic E-state index is 14.2. The molecule has 100 valence electrons. The zero-order valence-electron chi connectivity index (χ0n) is 11.0. The molecule has 0 aliphatic carbocycles. The third-order valence-electron chi connectivity index (χ3n) is 3.44. The maximum atomic E-state index is 14.2. The van der Waals surface area contributed by atoms with Gasteiger partial charge in [-0.1, -0.05) is 12.5 Å². The molecule has 18 heavy (non-hydrogen) atoms. The van der Waals surface area contributed by atoms with E-state index in [1.54, 1.807) is 12.1 Å². The number of nitrogens with one attached hydrogen (secondary N) is 1. The van der Waals surface area contributed by atoms with Crippen LogP contribution in [-0.4, -0.2) is 26.8 Å². The van der Waals surface area contributed by atoms with Crippen LogP contribution in [0.4, 0.5) is 4.39 Å². The van der Waals surface area contributed by atoms with Gasteiger partial charge in [0.15, 0.2) is 17.3 Å². The van der Waals surface area contributed by atoms with Gasteiger partial charge < -0.3 is 14.8 Å². The van der Waals surface area contributed by atoms with Crippen LogP contribution in [0, 0.1) is 5.82 Å². The van der Waals surface area contributed by atoms with E-state index in [-0.39, 0.29) is 11.6 Å². The Labute approximate surface area is 107 Å². The van der Waals surface area contributed by atoms with E-state index in [0.29, 0.717) is 23.8 Å². The van der Waals surface area contributed by atoms with Gasteiger partial charge in [0, 0.05) is 6.04 Å². The number of hydrogen-bond donors (Lipinski definition) is 1. The minimum atomic E-state index is -0.302. The van der Waals surface area contributed by atoms with Crippen LogP contribution in [0.2, 0.25) is 0 Å². The van der Waals surface area contributed by atoms with Crippen molar-refractivity contribution in [2.45, 2.75) is 31.7 Å². The molecule has 0 aromatic heterocycles. The van der Waals surface area contributed by atoms with Gasteiger partial charge in [0.25, 0.3) is 0 Å². The van der Waals surface area contributed by atoms with Gasteiger partial charge in [-0.25, -0.2) is 4.39 Å². The number of halogens is 1. The van der Waals surface area contributed by atoms with E-state index < -0.39 is 0 Å². The summed E-state index contributed by atoms with van der Waals surface area (Å²) in [5.41, 5.74) is 0.687. The van der Waals surface area contributed by atoms with Crippen LogP contribution in [0.3, 0.4) is 0 Å². The molecule has 3 nitrogen and oxygen atoms in total. The number of rotatable bonds is 4. The van der Waals surface area contributed by atoms with E-state index in [9.17, 15) is 4.39 Å². The SMILES string of the molecule is COc1ccc(CC2CCCCN2)c(F)c1OC. The topological polar surface area (TPSA) is 30.5 Å². The summed E-state index contributed by atoms with van der Waals surface area (Å²) >= 11 is 0. The molecular weight excluding hydrogens is 233 g/mol. The summed E-state index contributed by atoms with van der Waals surface area (Å²) in [5.74, 6) is 0.338. The van der Waals surface area contributed by atoms with Crippen LogP contribution in [0.1, 0.15) is 24.8 Å². The predicted octanol–water partition coefficient (Wildman–Crippen LogP) is 2.53. The number of methoxy groups -OCH3 is 2. The van der Waals surface area contributed by atoms with Crippen molar-refractivity contribution in [3.05, 3.63) is 23.5 Å². The Morgan fingerprint density at radius 1 is 1.28 bits per heavy atom. The lowest BCUT2D eigenvalue weighted by Crippen LogP contribution is -2.35. The second-order valence-corrected chi connectivity index (χ2v) is 4.63. The van der Waals surface area contributed by atoms with Gasteiger partial charge in [0.1, 0.15) is 0 Å². The molecule has 1 aliphatic rings. The second-order valence-electron chi connectivity index (χ2n) is 4.63. The summed E-state index contributed by atoms with van der Waals surface area (Å²) in [6.45, 7) is 1.03. The molecule has 1 aliphatic heterocycles. The van der Waals surface area contributed by atoms with Gasteiger partial charge in [0.05, 0.1) is 14.2 Å². The average molecular weight is 253 g/mol. The van der Waals surface area contributed by atoms with Crippen LogP contribution in [0.25, 0.3) is 0 Å². The molecule has 1 unspecified atom stereocenters. The Morgan fingerprint density at radius 2 is 2.11 bits per heavy atom. The van der Waals surface area contributed by atoms with Gasteiger partial charge in [-0.15, -0.1) is 0 Å². The highest BCUT2D eigenvalue weighted by molar-refractivity contribution is 5.44. The third-order valence-corrected chi connectivity index (χ3v) is 3.44. The maximum Gasteiger partial charge on any atom is 0.197 e. The second kappa shape index (κ2) is 6.05. The summed E-state index contributed by atoms with van der Waals surface area (Å²) in [4.78, 5) is 0. The first kappa shape index (κ1) is 13.1. The first-order chi connectivity index (χ1) is 8.76. The molecule has 1 saturated heterocycles. The van der Waals surface area contributed by atoms with Crippen molar-refractivity contribution in [1.29, 1.82) is 0 Å². The molecular formula is C14H20FNO2. The van der Waals surface area contributed by atoms with Gasteiger partial charge in [0.2, 0.25) is 0 Å². The fourth-order valence-electron chi connectivity index (χ4n) is 2.45. The fourth-order valence-corrected chi connectivity index (χ4v) is 2.45. The molecule has 1 fully saturated rings. The monoisotopic (exact) mass is 253 g/mol. The first-order valence-corrected chi connectivity index (χ1v) is 6.39. The van der Waals surface area contributed by atoms with Crippen molar-refractivity contribution in [3.8, 4) is 11.5 Å². The Bertz CT molecular complexity index is 403. The van der Waals surface area contributed by atoms with Gasteiger partial charge in [-0.05, 0) is 37.4 Å². The molecule has 0 saturated carbocycles. The zero-order valence-corrected chi connectivity index (χ0v) is 11.0. The zero-order chi connectivity index (χ0) is 13.0. The minimum Gasteiger partial charge on any atom is -0.493 e. The van der Waals surface area contributed by atoms with E-state index in [4.69, 9.17) is 9.47 Å². The van der Waals surface area contributed by atoms with Crippen molar-refractivity contribution in [2.75, 3.05) is 20.8 Å². The highest BCUT2D eigenvalue weighted by Crippen LogP contribution is 2.32. The predicted molar refractivity (Wildman–Crippen MR) is 68.8 cm³/mol. The van der Waals surface area contributed by atoms with E-state index in [1.807, 2.05) is 0 Å². The average Bonchev–Trinajstić information content (AvgIpc) is 2.42. The smallest absolute Gasteiger partial charge is 0.197 e. The number of benzene rings is 1. The largest absolute Gasteiger partial charge is 0.493 e. The molecule has 0 amide bonds. The highest BCUT2D eigenvalue weighted by atomic mass is 19.1. The molecule has 0 spiro atoms. The molecule has 1 aromatic carbocycles. The molecule has 1 N–H and O–H groups in total. The van der Waals surface area contributed by atoms with E-state index in [0.717, 1.165) is 13.0 Å². The Hall–Kier alpha value is -1.29. The third kappa shape index (κ3) is 2.75. The summed E-state index contributed by atoms with van der Waals surface area (Å²) in [5, 5.41) is 3.42. The van der Waals surface area contributed by atoms with Crippen LogP contribution >= 0.6 is 0 Å². The van der Waals surface area contributed by atoms with Crippen molar-refractivity contribution in [2.24, 2.45) is 0 Å². The Morgan fingerprint density at radius 3 is 2.72 bits per heavy atom. The quantitative estimate of drug-likeness (QED) is 0.894. The van der Waals surface area contributed by atoms with Gasteiger partial charge in [-0.2, -0.15) is 0 Å². The Balaban J connectivity index is 2.17. The normalized spacial score (nSPS) is 19.6. The van der Waals surface area contributed by atoms with Crippen LogP contribution in [-0.2, 0) is 6.42 Å². The van der Waals surface area contributed by atoms with Crippen LogP contribution in [0.5, 0.6) is 11.5 Å². The van der Waals surface area contributed by atoms with Gasteiger partial charge >= 0.3 is 0 Å². The van der Waals surface area contributed by atoms with Crippen molar-refractivity contribution in [1.82, 2.24) is 5.32 Å². The van der Waals surface area contributed by atoms with Gasteiger partial charge in [-0.3, -0.25) is 0 Å². The first-order valence-electron chi connectivity index (χ1n) is 6.39. The van der Waals surface area contributed by atoms with E-state index >= 15 is 0 Å². The van der Waals surface area contributed by atoms with E-state index in [2.05, 4.69) is 5.32 Å². The standard InChI is InChI=1S/C14H20FNO2/c1-17-12-7-6-10(13(15)14(12)18-2)9-11-5-3-4-8-16-11/h6-7,11,16H,3-5,8-9H2,1-2H3. The molecule has 4 heteroatoms. The minimum absolute atomic E-state index is 0.200. The number of hydrogen-bond acceptors (Lipinski definition) is 3. The summed E-state index contributed by atoms with van der Waals surface area (Å²) < 4.78 is 24.4. The summed E-state index contributed by atoms with van der Waals surface area (Å²) in [7, 11) is 2.98. The molecule has 1 atom stereocenters. The molecule has 2 rings (SSSR count). The number of piperidine rings is 1. The molecule has 1 heterocycles. The lowest BCUT2D eigenvalue weighted by atomic mass is 9.97.